The molecule has 5 rings (SSSR count). The fourth-order valence-electron chi connectivity index (χ4n) is 4.04. The van der Waals surface area contributed by atoms with Crippen molar-refractivity contribution in [2.24, 2.45) is 0 Å². The third kappa shape index (κ3) is 5.48. The number of amides is 2. The summed E-state index contributed by atoms with van der Waals surface area (Å²) in [5.74, 6) is 6.18. The van der Waals surface area contributed by atoms with Crippen LogP contribution in [0.25, 0.3) is 0 Å². The van der Waals surface area contributed by atoms with Crippen molar-refractivity contribution in [1.82, 2.24) is 4.98 Å². The van der Waals surface area contributed by atoms with E-state index in [2.05, 4.69) is 28.2 Å². The average Bonchev–Trinajstić information content (AvgIpc) is 3.36. The van der Waals surface area contributed by atoms with Crippen molar-refractivity contribution in [2.75, 3.05) is 22.5 Å². The Labute approximate surface area is 214 Å². The van der Waals surface area contributed by atoms with Gasteiger partial charge in [0.2, 0.25) is 5.91 Å². The molecule has 1 aromatic heterocycles. The Morgan fingerprint density at radius 1 is 0.917 bits per heavy atom. The predicted octanol–water partition coefficient (Wildman–Crippen LogP) is 5.42. The lowest BCUT2D eigenvalue weighted by molar-refractivity contribution is -0.116. The molecule has 6 heteroatoms. The van der Waals surface area contributed by atoms with Crippen LogP contribution in [0.5, 0.6) is 0 Å². The Kier molecular flexibility index (Phi) is 7.11. The summed E-state index contributed by atoms with van der Waals surface area (Å²) in [6.07, 6.45) is 2.57. The molecule has 0 bridgehead atoms. The summed E-state index contributed by atoms with van der Waals surface area (Å²) >= 11 is 1.38. The van der Waals surface area contributed by atoms with Crippen LogP contribution in [0.15, 0.2) is 102 Å². The maximum Gasteiger partial charge on any atom is 0.256 e. The summed E-state index contributed by atoms with van der Waals surface area (Å²) in [4.78, 5) is 32.9. The van der Waals surface area contributed by atoms with Crippen LogP contribution in [0, 0.1) is 11.8 Å². The number of carbonyl (C=O) groups is 2. The number of thioether (sulfide) groups is 1. The van der Waals surface area contributed by atoms with Gasteiger partial charge in [0, 0.05) is 34.6 Å². The van der Waals surface area contributed by atoms with Gasteiger partial charge in [-0.05, 0) is 66.4 Å². The number of hydrogen-bond acceptors (Lipinski definition) is 4. The second-order valence-corrected chi connectivity index (χ2v) is 9.23. The SMILES string of the molecule is O=C(Nc1cccc(C#Cc2ccccn2)c1)c1ccccc1SCC(=O)N1CCc2ccccc21. The van der Waals surface area contributed by atoms with Gasteiger partial charge in [0.05, 0.1) is 11.3 Å². The van der Waals surface area contributed by atoms with E-state index >= 15 is 0 Å². The number of aromatic nitrogens is 1. The number of nitrogens with one attached hydrogen (secondary N) is 1. The Morgan fingerprint density at radius 2 is 1.75 bits per heavy atom. The summed E-state index contributed by atoms with van der Waals surface area (Å²) in [6.45, 7) is 0.695. The number of carbonyl (C=O) groups excluding carboxylic acids is 2. The van der Waals surface area contributed by atoms with E-state index in [0.717, 1.165) is 22.6 Å². The second-order valence-electron chi connectivity index (χ2n) is 8.21. The molecule has 5 nitrogen and oxygen atoms in total. The van der Waals surface area contributed by atoms with Gasteiger partial charge in [0.15, 0.2) is 0 Å². The molecule has 0 aliphatic carbocycles. The lowest BCUT2D eigenvalue weighted by Gasteiger charge is -2.17. The van der Waals surface area contributed by atoms with Crippen molar-refractivity contribution in [3.05, 3.63) is 120 Å². The van der Waals surface area contributed by atoms with E-state index < -0.39 is 0 Å². The molecule has 36 heavy (non-hydrogen) atoms. The van der Waals surface area contributed by atoms with E-state index in [9.17, 15) is 9.59 Å². The number of fused-ring (bicyclic) bond motifs is 1. The number of benzene rings is 3. The molecular formula is C30H23N3O2S. The third-order valence-corrected chi connectivity index (χ3v) is 6.85. The summed E-state index contributed by atoms with van der Waals surface area (Å²) in [5, 5.41) is 2.96. The van der Waals surface area contributed by atoms with Crippen LogP contribution in [-0.4, -0.2) is 29.1 Å². The zero-order valence-electron chi connectivity index (χ0n) is 19.5. The molecule has 1 aliphatic heterocycles. The third-order valence-electron chi connectivity index (χ3n) is 5.79. The van der Waals surface area contributed by atoms with Gasteiger partial charge < -0.3 is 10.2 Å². The number of anilines is 2. The number of pyridine rings is 1. The van der Waals surface area contributed by atoms with Crippen LogP contribution in [0.2, 0.25) is 0 Å². The number of hydrogen-bond donors (Lipinski definition) is 1. The van der Waals surface area contributed by atoms with E-state index in [1.807, 2.05) is 83.8 Å². The summed E-state index contributed by atoms with van der Waals surface area (Å²) in [7, 11) is 0. The molecule has 0 atom stereocenters. The normalized spacial score (nSPS) is 11.8. The zero-order valence-corrected chi connectivity index (χ0v) is 20.3. The fourth-order valence-corrected chi connectivity index (χ4v) is 4.97. The monoisotopic (exact) mass is 489 g/mol. The van der Waals surface area contributed by atoms with Crippen molar-refractivity contribution in [2.45, 2.75) is 11.3 Å². The minimum Gasteiger partial charge on any atom is -0.322 e. The molecule has 0 fully saturated rings. The highest BCUT2D eigenvalue weighted by atomic mass is 32.2. The molecule has 0 radical (unpaired) electrons. The quantitative estimate of drug-likeness (QED) is 0.301. The minimum atomic E-state index is -0.230. The van der Waals surface area contributed by atoms with E-state index in [-0.39, 0.29) is 17.6 Å². The first-order chi connectivity index (χ1) is 17.7. The number of nitrogens with zero attached hydrogens (tertiary/aromatic N) is 2. The zero-order chi connectivity index (χ0) is 24.7. The van der Waals surface area contributed by atoms with Crippen molar-refractivity contribution in [1.29, 1.82) is 0 Å². The first-order valence-corrected chi connectivity index (χ1v) is 12.6. The number of para-hydroxylation sites is 1. The lowest BCUT2D eigenvalue weighted by Crippen LogP contribution is -2.30. The highest BCUT2D eigenvalue weighted by molar-refractivity contribution is 8.00. The van der Waals surface area contributed by atoms with Crippen LogP contribution < -0.4 is 10.2 Å². The summed E-state index contributed by atoms with van der Waals surface area (Å²) in [5.41, 5.74) is 4.82. The van der Waals surface area contributed by atoms with Crippen LogP contribution in [0.3, 0.4) is 0 Å². The van der Waals surface area contributed by atoms with Crippen LogP contribution in [0.4, 0.5) is 11.4 Å². The fraction of sp³-hybridized carbons (Fsp3) is 0.100. The molecule has 176 valence electrons. The smallest absolute Gasteiger partial charge is 0.256 e. The predicted molar refractivity (Wildman–Crippen MR) is 144 cm³/mol. The summed E-state index contributed by atoms with van der Waals surface area (Å²) < 4.78 is 0. The van der Waals surface area contributed by atoms with Crippen molar-refractivity contribution in [3.63, 3.8) is 0 Å². The Morgan fingerprint density at radius 3 is 2.64 bits per heavy atom. The van der Waals surface area contributed by atoms with Gasteiger partial charge in [0.1, 0.15) is 5.69 Å². The molecule has 2 heterocycles. The van der Waals surface area contributed by atoms with E-state index in [1.54, 1.807) is 12.3 Å². The van der Waals surface area contributed by atoms with Gasteiger partial charge in [0.25, 0.3) is 5.91 Å². The Balaban J connectivity index is 1.26. The topological polar surface area (TPSA) is 62.3 Å². The maximum atomic E-state index is 13.1. The standard InChI is InChI=1S/C30H23N3O2S/c34-29(33-19-17-23-9-1-3-13-27(23)33)21-36-28-14-4-2-12-26(28)30(35)32-25-11-7-8-22(20-25)15-16-24-10-5-6-18-31-24/h1-14,18,20H,17,19,21H2,(H,32,35). The molecular weight excluding hydrogens is 466 g/mol. The molecule has 0 saturated heterocycles. The minimum absolute atomic E-state index is 0.0411. The maximum absolute atomic E-state index is 13.1. The lowest BCUT2D eigenvalue weighted by atomic mass is 10.1. The van der Waals surface area contributed by atoms with Gasteiger partial charge in [-0.2, -0.15) is 0 Å². The van der Waals surface area contributed by atoms with Gasteiger partial charge in [-0.1, -0.05) is 48.4 Å². The van der Waals surface area contributed by atoms with E-state index in [1.165, 1.54) is 17.3 Å². The second kappa shape index (κ2) is 10.9. The molecule has 1 aliphatic rings. The van der Waals surface area contributed by atoms with Crippen molar-refractivity contribution < 1.29 is 9.59 Å². The van der Waals surface area contributed by atoms with Crippen LogP contribution >= 0.6 is 11.8 Å². The Bertz CT molecular complexity index is 1470. The first kappa shape index (κ1) is 23.4. The van der Waals surface area contributed by atoms with Gasteiger partial charge in [-0.25, -0.2) is 4.98 Å². The number of rotatable bonds is 5. The molecule has 0 spiro atoms. The Hall–Kier alpha value is -4.34. The largest absolute Gasteiger partial charge is 0.322 e. The van der Waals surface area contributed by atoms with Crippen molar-refractivity contribution in [3.8, 4) is 11.8 Å². The first-order valence-electron chi connectivity index (χ1n) is 11.6. The average molecular weight is 490 g/mol. The summed E-state index contributed by atoms with van der Waals surface area (Å²) in [6, 6.07) is 28.3. The van der Waals surface area contributed by atoms with Gasteiger partial charge in [-0.3, -0.25) is 9.59 Å². The molecule has 3 aromatic carbocycles. The molecule has 4 aromatic rings. The van der Waals surface area contributed by atoms with Crippen LogP contribution in [-0.2, 0) is 11.2 Å². The molecule has 0 unspecified atom stereocenters. The highest BCUT2D eigenvalue weighted by Gasteiger charge is 2.24. The molecule has 2 amide bonds. The molecule has 0 saturated carbocycles. The van der Waals surface area contributed by atoms with Crippen molar-refractivity contribution >= 4 is 35.0 Å². The molecule has 1 N–H and O–H groups in total. The van der Waals surface area contributed by atoms with E-state index in [4.69, 9.17) is 0 Å². The highest BCUT2D eigenvalue weighted by Crippen LogP contribution is 2.30. The van der Waals surface area contributed by atoms with Gasteiger partial charge >= 0.3 is 0 Å². The van der Waals surface area contributed by atoms with E-state index in [0.29, 0.717) is 23.5 Å². The van der Waals surface area contributed by atoms with Crippen LogP contribution in [0.1, 0.15) is 27.2 Å². The van der Waals surface area contributed by atoms with Gasteiger partial charge in [-0.15, -0.1) is 11.8 Å².